The van der Waals surface area contributed by atoms with Gasteiger partial charge in [0.05, 0.1) is 5.75 Å². The Morgan fingerprint density at radius 3 is 2.45 bits per heavy atom. The lowest BCUT2D eigenvalue weighted by atomic mass is 9.84. The molecule has 5 nitrogen and oxygen atoms in total. The first kappa shape index (κ1) is 19.7. The highest BCUT2D eigenvalue weighted by Gasteiger charge is 2.27. The molecule has 1 aliphatic rings. The Balaban J connectivity index is 0.00000361. The van der Waals surface area contributed by atoms with Gasteiger partial charge in [0.2, 0.25) is 5.91 Å². The van der Waals surface area contributed by atoms with Crippen LogP contribution in [0.2, 0.25) is 0 Å². The van der Waals surface area contributed by atoms with Crippen LogP contribution in [0.5, 0.6) is 0 Å². The van der Waals surface area contributed by atoms with Gasteiger partial charge in [0, 0.05) is 6.04 Å². The summed E-state index contributed by atoms with van der Waals surface area (Å²) in [6.07, 6.45) is 4.12. The summed E-state index contributed by atoms with van der Waals surface area (Å²) >= 11 is 0. The molecule has 0 aromatic heterocycles. The van der Waals surface area contributed by atoms with E-state index in [1.807, 2.05) is 13.8 Å². The number of hydrogen-bond acceptors (Lipinski definition) is 4. The first-order chi connectivity index (χ1) is 8.84. The second-order valence-corrected chi connectivity index (χ2v) is 8.01. The monoisotopic (exact) mass is 326 g/mol. The summed E-state index contributed by atoms with van der Waals surface area (Å²) in [6, 6.07) is 0.0421. The molecule has 1 fully saturated rings. The van der Waals surface area contributed by atoms with Crippen LogP contribution < -0.4 is 11.1 Å². The Bertz CT molecular complexity index is 398. The lowest BCUT2D eigenvalue weighted by Crippen LogP contribution is -2.46. The highest BCUT2D eigenvalue weighted by molar-refractivity contribution is 7.92. The van der Waals surface area contributed by atoms with Crippen LogP contribution in [-0.2, 0) is 14.6 Å². The molecule has 1 amide bonds. The Labute approximate surface area is 128 Å². The topological polar surface area (TPSA) is 89.3 Å². The fourth-order valence-corrected chi connectivity index (χ4v) is 4.31. The van der Waals surface area contributed by atoms with Gasteiger partial charge in [-0.05, 0) is 31.2 Å². The lowest BCUT2D eigenvalue weighted by molar-refractivity contribution is -0.119. The number of nitrogens with two attached hydrogens (primary N) is 1. The first-order valence-corrected chi connectivity index (χ1v) is 8.86. The molecule has 120 valence electrons. The summed E-state index contributed by atoms with van der Waals surface area (Å²) in [7, 11) is -3.30. The van der Waals surface area contributed by atoms with Crippen molar-refractivity contribution in [2.24, 2.45) is 17.6 Å². The Hall–Kier alpha value is -0.330. The van der Waals surface area contributed by atoms with Gasteiger partial charge in [-0.15, -0.1) is 12.4 Å². The number of halogens is 1. The summed E-state index contributed by atoms with van der Waals surface area (Å²) in [5.41, 5.74) is 5.69. The molecule has 2 atom stereocenters. The van der Waals surface area contributed by atoms with Crippen LogP contribution in [0.25, 0.3) is 0 Å². The molecule has 1 aliphatic carbocycles. The molecular weight excluding hydrogens is 300 g/mol. The van der Waals surface area contributed by atoms with Crippen molar-refractivity contribution >= 4 is 28.2 Å². The molecule has 0 aliphatic heterocycles. The Kier molecular flexibility index (Phi) is 8.70. The summed E-state index contributed by atoms with van der Waals surface area (Å²) in [5.74, 6) is -0.398. The van der Waals surface area contributed by atoms with Gasteiger partial charge in [-0.1, -0.05) is 26.7 Å². The fraction of sp³-hybridized carbons (Fsp3) is 0.923. The summed E-state index contributed by atoms with van der Waals surface area (Å²) in [5, 5.41) is 2.85. The number of amides is 1. The number of rotatable bonds is 6. The molecular formula is C13H27ClN2O3S. The maximum atomic E-state index is 11.8. The number of carbonyl (C=O) groups excluding carboxylic acids is 1. The normalized spacial score (nSPS) is 23.2. The molecule has 20 heavy (non-hydrogen) atoms. The zero-order chi connectivity index (χ0) is 14.5. The Morgan fingerprint density at radius 1 is 1.30 bits per heavy atom. The molecule has 0 aromatic carbocycles. The zero-order valence-corrected chi connectivity index (χ0v) is 13.9. The summed E-state index contributed by atoms with van der Waals surface area (Å²) in [4.78, 5) is 11.8. The SMILES string of the molecule is CC(C)CS(=O)(=O)CC(=O)NC1CCCCC1CN.Cl. The molecule has 0 aromatic rings. The zero-order valence-electron chi connectivity index (χ0n) is 12.3. The van der Waals surface area contributed by atoms with Gasteiger partial charge in [0.25, 0.3) is 0 Å². The van der Waals surface area contributed by atoms with Crippen molar-refractivity contribution in [2.75, 3.05) is 18.1 Å². The first-order valence-electron chi connectivity index (χ1n) is 7.04. The van der Waals surface area contributed by atoms with E-state index in [-0.39, 0.29) is 41.9 Å². The molecule has 3 N–H and O–H groups in total. The van der Waals surface area contributed by atoms with Crippen LogP contribution in [0.1, 0.15) is 39.5 Å². The van der Waals surface area contributed by atoms with Gasteiger partial charge in [0.1, 0.15) is 5.75 Å². The second-order valence-electron chi connectivity index (χ2n) is 5.90. The minimum atomic E-state index is -3.30. The van der Waals surface area contributed by atoms with Crippen LogP contribution in [0.3, 0.4) is 0 Å². The van der Waals surface area contributed by atoms with Gasteiger partial charge in [-0.2, -0.15) is 0 Å². The molecule has 2 unspecified atom stereocenters. The van der Waals surface area contributed by atoms with Crippen molar-refractivity contribution in [1.29, 1.82) is 0 Å². The van der Waals surface area contributed by atoms with Gasteiger partial charge in [-0.25, -0.2) is 8.42 Å². The highest BCUT2D eigenvalue weighted by atomic mass is 35.5. The number of nitrogens with one attached hydrogen (secondary N) is 1. The number of sulfone groups is 1. The number of hydrogen-bond donors (Lipinski definition) is 2. The third kappa shape index (κ3) is 6.90. The average molecular weight is 327 g/mol. The van der Waals surface area contributed by atoms with Crippen molar-refractivity contribution in [3.05, 3.63) is 0 Å². The van der Waals surface area contributed by atoms with E-state index in [1.165, 1.54) is 0 Å². The van der Waals surface area contributed by atoms with E-state index < -0.39 is 15.6 Å². The van der Waals surface area contributed by atoms with E-state index in [9.17, 15) is 13.2 Å². The predicted octanol–water partition coefficient (Wildman–Crippen LogP) is 1.11. The predicted molar refractivity (Wildman–Crippen MR) is 83.7 cm³/mol. The molecule has 7 heteroatoms. The van der Waals surface area contributed by atoms with Crippen molar-refractivity contribution in [2.45, 2.75) is 45.6 Å². The minimum Gasteiger partial charge on any atom is -0.352 e. The molecule has 0 heterocycles. The highest BCUT2D eigenvalue weighted by Crippen LogP contribution is 2.23. The fourth-order valence-electron chi connectivity index (χ4n) is 2.69. The number of carbonyl (C=O) groups is 1. The van der Waals surface area contributed by atoms with Crippen LogP contribution in [0.4, 0.5) is 0 Å². The van der Waals surface area contributed by atoms with Crippen LogP contribution >= 0.6 is 12.4 Å². The van der Waals surface area contributed by atoms with Crippen LogP contribution in [0.15, 0.2) is 0 Å². The Morgan fingerprint density at radius 2 is 1.90 bits per heavy atom. The standard InChI is InChI=1S/C13H26N2O3S.ClH/c1-10(2)8-19(17,18)9-13(16)15-12-6-4-3-5-11(12)7-14;/h10-12H,3-9,14H2,1-2H3,(H,15,16);1H. The van der Waals surface area contributed by atoms with E-state index in [4.69, 9.17) is 5.73 Å². The quantitative estimate of drug-likeness (QED) is 0.765. The molecule has 1 rings (SSSR count). The smallest absolute Gasteiger partial charge is 0.235 e. The molecule has 0 radical (unpaired) electrons. The van der Waals surface area contributed by atoms with Crippen LogP contribution in [-0.4, -0.2) is 38.4 Å². The van der Waals surface area contributed by atoms with Crippen molar-refractivity contribution in [3.63, 3.8) is 0 Å². The molecule has 0 bridgehead atoms. The third-order valence-electron chi connectivity index (χ3n) is 3.50. The molecule has 0 saturated heterocycles. The summed E-state index contributed by atoms with van der Waals surface area (Å²) < 4.78 is 23.5. The third-order valence-corrected chi connectivity index (χ3v) is 5.37. The van der Waals surface area contributed by atoms with E-state index >= 15 is 0 Å². The van der Waals surface area contributed by atoms with Crippen molar-refractivity contribution in [1.82, 2.24) is 5.32 Å². The van der Waals surface area contributed by atoms with Crippen LogP contribution in [0, 0.1) is 11.8 Å². The maximum Gasteiger partial charge on any atom is 0.235 e. The molecule has 1 saturated carbocycles. The largest absolute Gasteiger partial charge is 0.352 e. The van der Waals surface area contributed by atoms with Crippen molar-refractivity contribution < 1.29 is 13.2 Å². The van der Waals surface area contributed by atoms with Gasteiger partial charge in [-0.3, -0.25) is 4.79 Å². The lowest BCUT2D eigenvalue weighted by Gasteiger charge is -2.31. The minimum absolute atomic E-state index is 0. The van der Waals surface area contributed by atoms with Gasteiger partial charge in [0.15, 0.2) is 9.84 Å². The average Bonchev–Trinajstić information content (AvgIpc) is 2.26. The van der Waals surface area contributed by atoms with Gasteiger partial charge < -0.3 is 11.1 Å². The van der Waals surface area contributed by atoms with Gasteiger partial charge >= 0.3 is 0 Å². The van der Waals surface area contributed by atoms with E-state index in [0.717, 1.165) is 25.7 Å². The van der Waals surface area contributed by atoms with Crippen molar-refractivity contribution in [3.8, 4) is 0 Å². The maximum absolute atomic E-state index is 11.8. The van der Waals surface area contributed by atoms with E-state index in [1.54, 1.807) is 0 Å². The summed E-state index contributed by atoms with van der Waals surface area (Å²) in [6.45, 7) is 4.21. The molecule has 0 spiro atoms. The second kappa shape index (κ2) is 8.85. The van der Waals surface area contributed by atoms with E-state index in [0.29, 0.717) is 6.54 Å². The van der Waals surface area contributed by atoms with E-state index in [2.05, 4.69) is 5.32 Å².